The Morgan fingerprint density at radius 3 is 1.81 bits per heavy atom. The predicted molar refractivity (Wildman–Crippen MR) is 67.5 cm³/mol. The predicted octanol–water partition coefficient (Wildman–Crippen LogP) is 1.80. The summed E-state index contributed by atoms with van der Waals surface area (Å²) in [5.74, 6) is 2.14. The molecule has 1 fully saturated rings. The molecule has 1 rings (SSSR count). The van der Waals surface area contributed by atoms with E-state index in [0.717, 1.165) is 12.8 Å². The van der Waals surface area contributed by atoms with E-state index in [0.29, 0.717) is 6.42 Å². The minimum Gasteiger partial charge on any atom is -0.481 e. The van der Waals surface area contributed by atoms with E-state index in [1.165, 1.54) is 24.3 Å². The van der Waals surface area contributed by atoms with Crippen molar-refractivity contribution in [1.29, 1.82) is 0 Å². The van der Waals surface area contributed by atoms with Crippen LogP contribution in [0, 0.1) is 0 Å². The Kier molecular flexibility index (Phi) is 15.4. The average molecular weight is 250 g/mol. The van der Waals surface area contributed by atoms with E-state index in [2.05, 4.69) is 23.2 Å². The highest BCUT2D eigenvalue weighted by Crippen LogP contribution is 2.14. The molecule has 2 amide bonds. The van der Waals surface area contributed by atoms with E-state index >= 15 is 0 Å². The van der Waals surface area contributed by atoms with Gasteiger partial charge in [-0.1, -0.05) is 13.3 Å². The summed E-state index contributed by atoms with van der Waals surface area (Å²) < 4.78 is 0. The van der Waals surface area contributed by atoms with Gasteiger partial charge >= 0.3 is 12.0 Å². The lowest BCUT2D eigenvalue weighted by Crippen LogP contribution is -2.18. The van der Waals surface area contributed by atoms with Gasteiger partial charge in [-0.2, -0.15) is 11.8 Å². The first-order valence-corrected chi connectivity index (χ1v) is 6.50. The maximum absolute atomic E-state index is 9.76. The molecule has 1 aliphatic heterocycles. The third kappa shape index (κ3) is 29.2. The summed E-state index contributed by atoms with van der Waals surface area (Å²) >= 11 is 2.07. The van der Waals surface area contributed by atoms with Crippen molar-refractivity contribution in [3.8, 4) is 0 Å². The van der Waals surface area contributed by atoms with Gasteiger partial charge in [-0.25, -0.2) is 4.79 Å². The van der Waals surface area contributed by atoms with E-state index < -0.39 is 12.0 Å². The van der Waals surface area contributed by atoms with E-state index in [1.807, 2.05) is 6.92 Å². The van der Waals surface area contributed by atoms with Crippen LogP contribution >= 0.6 is 11.8 Å². The zero-order valence-corrected chi connectivity index (χ0v) is 10.6. The highest BCUT2D eigenvalue weighted by molar-refractivity contribution is 7.99. The molecule has 0 saturated carbocycles. The molecule has 5 N–H and O–H groups in total. The van der Waals surface area contributed by atoms with Crippen molar-refractivity contribution in [2.75, 3.05) is 11.5 Å². The summed E-state index contributed by atoms with van der Waals surface area (Å²) in [6.07, 6.45) is 5.01. The molecule has 1 heterocycles. The number of rotatable bonds is 3. The molecule has 1 aliphatic rings. The van der Waals surface area contributed by atoms with Crippen LogP contribution in [0.2, 0.25) is 0 Å². The maximum atomic E-state index is 9.76. The molecule has 0 aliphatic carbocycles. The fourth-order valence-electron chi connectivity index (χ4n) is 0.838. The minimum atomic E-state index is -0.833. The van der Waals surface area contributed by atoms with E-state index in [1.54, 1.807) is 0 Å². The molecular formula is C10H22N2O3S. The fraction of sp³-hybridized carbons (Fsp3) is 0.800. The number of nitrogens with two attached hydrogens (primary N) is 2. The Labute approximate surface area is 101 Å². The van der Waals surface area contributed by atoms with Crippen LogP contribution in [0.15, 0.2) is 0 Å². The first-order valence-electron chi connectivity index (χ1n) is 5.35. The summed E-state index contributed by atoms with van der Waals surface area (Å²) in [6, 6.07) is -0.833. The molecule has 0 aromatic heterocycles. The van der Waals surface area contributed by atoms with Crippen LogP contribution in [0.1, 0.15) is 39.0 Å². The number of thioether (sulfide) groups is 1. The number of amides is 2. The van der Waals surface area contributed by atoms with Crippen molar-refractivity contribution in [1.82, 2.24) is 0 Å². The van der Waals surface area contributed by atoms with Gasteiger partial charge in [-0.05, 0) is 30.8 Å². The topological polar surface area (TPSA) is 106 Å². The normalized spacial score (nSPS) is 12.8. The molecule has 0 atom stereocenters. The third-order valence-corrected chi connectivity index (χ3v) is 2.73. The Morgan fingerprint density at radius 1 is 1.25 bits per heavy atom. The zero-order chi connectivity index (χ0) is 12.8. The monoisotopic (exact) mass is 250 g/mol. The Bertz CT molecular complexity index is 173. The molecule has 16 heavy (non-hydrogen) atoms. The average Bonchev–Trinajstić information content (AvgIpc) is 2.71. The van der Waals surface area contributed by atoms with Gasteiger partial charge in [0.25, 0.3) is 0 Å². The number of hydrogen-bond donors (Lipinski definition) is 3. The minimum absolute atomic E-state index is 0.316. The highest BCUT2D eigenvalue weighted by atomic mass is 32.2. The van der Waals surface area contributed by atoms with Crippen molar-refractivity contribution >= 4 is 23.8 Å². The van der Waals surface area contributed by atoms with Crippen molar-refractivity contribution < 1.29 is 14.7 Å². The van der Waals surface area contributed by atoms with Crippen LogP contribution in [-0.2, 0) is 4.79 Å². The van der Waals surface area contributed by atoms with Gasteiger partial charge in [0.15, 0.2) is 0 Å². The first kappa shape index (κ1) is 17.5. The highest BCUT2D eigenvalue weighted by Gasteiger charge is 1.95. The van der Waals surface area contributed by atoms with Gasteiger partial charge in [-0.15, -0.1) is 0 Å². The van der Waals surface area contributed by atoms with Gasteiger partial charge in [0.2, 0.25) is 0 Å². The van der Waals surface area contributed by atoms with Crippen molar-refractivity contribution in [3.63, 3.8) is 0 Å². The number of primary amides is 2. The summed E-state index contributed by atoms with van der Waals surface area (Å²) in [5.41, 5.74) is 8.50. The molecule has 6 heteroatoms. The number of urea groups is 1. The molecule has 5 nitrogen and oxygen atoms in total. The van der Waals surface area contributed by atoms with E-state index in [-0.39, 0.29) is 0 Å². The molecule has 1 saturated heterocycles. The van der Waals surface area contributed by atoms with Crippen LogP contribution < -0.4 is 11.5 Å². The number of carbonyl (C=O) groups is 2. The maximum Gasteiger partial charge on any atom is 0.309 e. The summed E-state index contributed by atoms with van der Waals surface area (Å²) in [7, 11) is 0. The van der Waals surface area contributed by atoms with Crippen LogP contribution in [0.4, 0.5) is 4.79 Å². The van der Waals surface area contributed by atoms with Crippen LogP contribution in [0.25, 0.3) is 0 Å². The van der Waals surface area contributed by atoms with E-state index in [9.17, 15) is 4.79 Å². The smallest absolute Gasteiger partial charge is 0.309 e. The van der Waals surface area contributed by atoms with Crippen molar-refractivity contribution in [3.05, 3.63) is 0 Å². The van der Waals surface area contributed by atoms with Crippen LogP contribution in [0.5, 0.6) is 0 Å². The van der Waals surface area contributed by atoms with E-state index in [4.69, 9.17) is 9.90 Å². The third-order valence-electron chi connectivity index (χ3n) is 1.57. The number of carboxylic acids is 1. The van der Waals surface area contributed by atoms with Gasteiger partial charge < -0.3 is 16.6 Å². The van der Waals surface area contributed by atoms with Crippen molar-refractivity contribution in [2.24, 2.45) is 11.5 Å². The fourth-order valence-corrected chi connectivity index (χ4v) is 1.86. The Balaban J connectivity index is 0. The lowest BCUT2D eigenvalue weighted by Gasteiger charge is -1.85. The molecule has 0 radical (unpaired) electrons. The largest absolute Gasteiger partial charge is 0.481 e. The van der Waals surface area contributed by atoms with Crippen molar-refractivity contribution in [2.45, 2.75) is 39.0 Å². The number of carbonyl (C=O) groups excluding carboxylic acids is 1. The van der Waals surface area contributed by atoms with Gasteiger partial charge in [-0.3, -0.25) is 4.79 Å². The van der Waals surface area contributed by atoms with Crippen LogP contribution in [-0.4, -0.2) is 28.6 Å². The number of unbranched alkanes of at least 4 members (excludes halogenated alkanes) is 1. The molecule has 0 unspecified atom stereocenters. The molecular weight excluding hydrogens is 228 g/mol. The second-order valence-corrected chi connectivity index (χ2v) is 4.44. The lowest BCUT2D eigenvalue weighted by atomic mass is 10.3. The van der Waals surface area contributed by atoms with Gasteiger partial charge in [0.1, 0.15) is 0 Å². The molecule has 0 aromatic rings. The SMILES string of the molecule is C1CCSC1.CCCCC(=O)O.NC(N)=O. The molecule has 0 spiro atoms. The van der Waals surface area contributed by atoms with Gasteiger partial charge in [0.05, 0.1) is 0 Å². The first-order chi connectivity index (χ1) is 7.50. The quantitative estimate of drug-likeness (QED) is 0.710. The number of hydrogen-bond acceptors (Lipinski definition) is 3. The Morgan fingerprint density at radius 2 is 1.69 bits per heavy atom. The number of carboxylic acid groups (broad SMARTS) is 1. The number of aliphatic carboxylic acids is 1. The van der Waals surface area contributed by atoms with Gasteiger partial charge in [0, 0.05) is 6.42 Å². The molecule has 0 bridgehead atoms. The molecule has 96 valence electrons. The van der Waals surface area contributed by atoms with Crippen LogP contribution in [0.3, 0.4) is 0 Å². The summed E-state index contributed by atoms with van der Waals surface area (Å²) in [5, 5.41) is 8.04. The summed E-state index contributed by atoms with van der Waals surface area (Å²) in [4.78, 5) is 18.8. The zero-order valence-electron chi connectivity index (χ0n) is 9.78. The second-order valence-electron chi connectivity index (χ2n) is 3.22. The molecule has 0 aromatic carbocycles. The Hall–Kier alpha value is -0.910. The second kappa shape index (κ2) is 14.1. The standard InChI is InChI=1S/C5H10O2.C4H8S.CH4N2O/c1-2-3-4-5(6)7;1-2-4-5-3-1;2-1(3)4/h2-4H2,1H3,(H,6,7);1-4H2;(H4,2,3,4). The summed E-state index contributed by atoms with van der Waals surface area (Å²) in [6.45, 7) is 1.98. The lowest BCUT2D eigenvalue weighted by molar-refractivity contribution is -0.137.